The van der Waals surface area contributed by atoms with Crippen LogP contribution in [0.5, 0.6) is 0 Å². The SMILES string of the molecule is COC(=O)C1=C(C)NC(=O)N(C(=O)NCCC[N+]2=CCC(c3ccccn3)=CC2)C1c1ccc(F)c(F)c1. The second kappa shape index (κ2) is 11.8. The number of hydrogen-bond acceptors (Lipinski definition) is 5. The number of esters is 1. The molecule has 1 aromatic heterocycles. The maximum Gasteiger partial charge on any atom is 0.337 e. The number of aromatic nitrogens is 1. The predicted molar refractivity (Wildman–Crippen MR) is 135 cm³/mol. The number of pyridine rings is 1. The summed E-state index contributed by atoms with van der Waals surface area (Å²) in [5.74, 6) is -3.08. The van der Waals surface area contributed by atoms with Gasteiger partial charge in [-0.25, -0.2) is 32.6 Å². The number of rotatable bonds is 7. The summed E-state index contributed by atoms with van der Waals surface area (Å²) in [4.78, 5) is 43.7. The van der Waals surface area contributed by atoms with E-state index >= 15 is 0 Å². The minimum atomic E-state index is -1.31. The van der Waals surface area contributed by atoms with Crippen LogP contribution in [0, 0.1) is 11.6 Å². The minimum Gasteiger partial charge on any atom is -0.466 e. The molecule has 1 unspecified atom stereocenters. The molecule has 1 atom stereocenters. The Morgan fingerprint density at radius 2 is 2.05 bits per heavy atom. The van der Waals surface area contributed by atoms with Gasteiger partial charge in [0.15, 0.2) is 18.2 Å². The average Bonchev–Trinajstić information content (AvgIpc) is 2.92. The molecule has 0 spiro atoms. The molecule has 2 N–H and O–H groups in total. The van der Waals surface area contributed by atoms with E-state index < -0.39 is 35.7 Å². The first-order valence-corrected chi connectivity index (χ1v) is 12.1. The number of carbonyl (C=O) groups is 3. The standard InChI is InChI=1S/C27H27F2N5O4/c1-17-23(25(35)38-2)24(19-7-8-20(28)21(29)16-19)34(27(37)32-17)26(36)31-12-5-13-33-14-9-18(10-15-33)22-6-3-4-11-30-22/h3-4,6-9,11,15-16,24H,5,10,12-14H2,1-2H3,(H-,31,32,35,36,37)/p+1. The van der Waals surface area contributed by atoms with Crippen LogP contribution in [0.4, 0.5) is 18.4 Å². The van der Waals surface area contributed by atoms with Gasteiger partial charge < -0.3 is 15.4 Å². The van der Waals surface area contributed by atoms with Gasteiger partial charge in [0.2, 0.25) is 0 Å². The summed E-state index contributed by atoms with van der Waals surface area (Å²) in [7, 11) is 1.15. The number of urea groups is 2. The van der Waals surface area contributed by atoms with E-state index in [4.69, 9.17) is 4.74 Å². The fraction of sp³-hybridized carbons (Fsp3) is 0.296. The Bertz CT molecular complexity index is 1340. The van der Waals surface area contributed by atoms with Gasteiger partial charge in [0.05, 0.1) is 24.8 Å². The number of halogens is 2. The van der Waals surface area contributed by atoms with Crippen LogP contribution in [-0.4, -0.2) is 65.4 Å². The van der Waals surface area contributed by atoms with Gasteiger partial charge in [-0.15, -0.1) is 0 Å². The molecule has 11 heteroatoms. The number of allylic oxidation sites excluding steroid dienone is 2. The lowest BCUT2D eigenvalue weighted by molar-refractivity contribution is -0.515. The monoisotopic (exact) mass is 524 g/mol. The van der Waals surface area contributed by atoms with E-state index in [-0.39, 0.29) is 23.4 Å². The summed E-state index contributed by atoms with van der Waals surface area (Å²) < 4.78 is 34.6. The fourth-order valence-electron chi connectivity index (χ4n) is 4.44. The smallest absolute Gasteiger partial charge is 0.337 e. The zero-order valence-corrected chi connectivity index (χ0v) is 21.0. The van der Waals surface area contributed by atoms with E-state index in [1.54, 1.807) is 6.20 Å². The lowest BCUT2D eigenvalue weighted by Crippen LogP contribution is -2.54. The van der Waals surface area contributed by atoms with Crippen LogP contribution in [0.3, 0.4) is 0 Å². The van der Waals surface area contributed by atoms with Gasteiger partial charge in [-0.2, -0.15) is 0 Å². The van der Waals surface area contributed by atoms with Crippen molar-refractivity contribution in [2.75, 3.05) is 26.7 Å². The summed E-state index contributed by atoms with van der Waals surface area (Å²) in [5, 5.41) is 5.17. The zero-order chi connectivity index (χ0) is 27.2. The van der Waals surface area contributed by atoms with Gasteiger partial charge in [0, 0.05) is 24.9 Å². The second-order valence-electron chi connectivity index (χ2n) is 8.82. The van der Waals surface area contributed by atoms with Crippen molar-refractivity contribution in [1.29, 1.82) is 0 Å². The highest BCUT2D eigenvalue weighted by Crippen LogP contribution is 2.35. The van der Waals surface area contributed by atoms with Gasteiger partial charge in [-0.05, 0) is 48.4 Å². The van der Waals surface area contributed by atoms with E-state index in [1.807, 2.05) is 18.2 Å². The molecule has 0 saturated carbocycles. The quantitative estimate of drug-likeness (QED) is 0.328. The summed E-state index contributed by atoms with van der Waals surface area (Å²) >= 11 is 0. The third-order valence-electron chi connectivity index (χ3n) is 6.37. The number of hydrogen-bond donors (Lipinski definition) is 2. The van der Waals surface area contributed by atoms with Crippen LogP contribution in [0.2, 0.25) is 0 Å². The first-order chi connectivity index (χ1) is 18.3. The molecule has 4 amide bonds. The number of benzene rings is 1. The van der Waals surface area contributed by atoms with Gasteiger partial charge in [0.1, 0.15) is 18.8 Å². The average molecular weight is 525 g/mol. The van der Waals surface area contributed by atoms with Crippen molar-refractivity contribution < 1.29 is 32.5 Å². The number of nitrogens with zero attached hydrogens (tertiary/aromatic N) is 3. The number of amides is 4. The molecule has 4 rings (SSSR count). The molecule has 2 aliphatic heterocycles. The van der Waals surface area contributed by atoms with E-state index in [2.05, 4.69) is 32.5 Å². The highest BCUT2D eigenvalue weighted by Gasteiger charge is 2.42. The Morgan fingerprint density at radius 1 is 1.24 bits per heavy atom. The first kappa shape index (κ1) is 26.6. The maximum absolute atomic E-state index is 14.1. The summed E-state index contributed by atoms with van der Waals surface area (Å²) in [6.07, 6.45) is 7.29. The van der Waals surface area contributed by atoms with Gasteiger partial charge in [-0.3, -0.25) is 4.98 Å². The molecule has 0 bridgehead atoms. The number of carbonyl (C=O) groups excluding carboxylic acids is 3. The molecule has 3 heterocycles. The van der Waals surface area contributed by atoms with Crippen molar-refractivity contribution in [2.24, 2.45) is 0 Å². The van der Waals surface area contributed by atoms with Gasteiger partial charge >= 0.3 is 18.0 Å². The Hall–Kier alpha value is -4.41. The Balaban J connectivity index is 1.42. The topological polar surface area (TPSA) is 104 Å². The molecule has 0 fully saturated rings. The molecule has 1 aromatic carbocycles. The number of ether oxygens (including phenoxy) is 1. The Kier molecular flexibility index (Phi) is 8.25. The molecule has 0 saturated heterocycles. The molecule has 2 aliphatic rings. The Morgan fingerprint density at radius 3 is 2.71 bits per heavy atom. The van der Waals surface area contributed by atoms with Crippen LogP contribution >= 0.6 is 0 Å². The highest BCUT2D eigenvalue weighted by atomic mass is 19.2. The lowest BCUT2D eigenvalue weighted by atomic mass is 9.94. The van der Waals surface area contributed by atoms with E-state index in [9.17, 15) is 23.2 Å². The molecule has 0 radical (unpaired) electrons. The molecule has 9 nitrogen and oxygen atoms in total. The van der Waals surface area contributed by atoms with Gasteiger partial charge in [-0.1, -0.05) is 12.1 Å². The molecule has 198 valence electrons. The van der Waals surface area contributed by atoms with Gasteiger partial charge in [0.25, 0.3) is 0 Å². The molecule has 0 aliphatic carbocycles. The normalized spacial score (nSPS) is 17.4. The molecule has 38 heavy (non-hydrogen) atoms. The minimum absolute atomic E-state index is 0.0482. The number of methoxy groups -OCH3 is 1. The summed E-state index contributed by atoms with van der Waals surface area (Å²) in [6.45, 7) is 3.08. The predicted octanol–water partition coefficient (Wildman–Crippen LogP) is 3.54. The van der Waals surface area contributed by atoms with Crippen LogP contribution in [-0.2, 0) is 9.53 Å². The maximum atomic E-state index is 14.1. The van der Waals surface area contributed by atoms with Crippen molar-refractivity contribution in [3.8, 4) is 0 Å². The van der Waals surface area contributed by atoms with Crippen LogP contribution < -0.4 is 10.6 Å². The largest absolute Gasteiger partial charge is 0.466 e. The highest BCUT2D eigenvalue weighted by molar-refractivity contribution is 6.01. The van der Waals surface area contributed by atoms with Crippen LogP contribution in [0.25, 0.3) is 5.57 Å². The third kappa shape index (κ3) is 5.77. The van der Waals surface area contributed by atoms with Crippen molar-refractivity contribution in [1.82, 2.24) is 20.5 Å². The van der Waals surface area contributed by atoms with E-state index in [0.29, 0.717) is 19.5 Å². The van der Waals surface area contributed by atoms with Crippen LogP contribution in [0.15, 0.2) is 59.9 Å². The van der Waals surface area contributed by atoms with Crippen molar-refractivity contribution in [3.05, 3.63) is 82.8 Å². The Labute approximate surface area is 218 Å². The third-order valence-corrected chi connectivity index (χ3v) is 6.37. The zero-order valence-electron chi connectivity index (χ0n) is 21.0. The molecular weight excluding hydrogens is 496 g/mol. The summed E-state index contributed by atoms with van der Waals surface area (Å²) in [5.41, 5.74) is 2.24. The lowest BCUT2D eigenvalue weighted by Gasteiger charge is -2.36. The number of imide groups is 1. The van der Waals surface area contributed by atoms with Crippen LogP contribution in [0.1, 0.15) is 37.1 Å². The molecule has 2 aromatic rings. The van der Waals surface area contributed by atoms with E-state index in [0.717, 1.165) is 41.8 Å². The first-order valence-electron chi connectivity index (χ1n) is 12.1. The number of nitrogens with one attached hydrogen (secondary N) is 2. The van der Waals surface area contributed by atoms with E-state index in [1.165, 1.54) is 13.0 Å². The second-order valence-corrected chi connectivity index (χ2v) is 8.82. The summed E-state index contributed by atoms with van der Waals surface area (Å²) in [6, 6.07) is 5.84. The fourth-order valence-corrected chi connectivity index (χ4v) is 4.44. The van der Waals surface area contributed by atoms with Crippen molar-refractivity contribution in [3.63, 3.8) is 0 Å². The van der Waals surface area contributed by atoms with Crippen molar-refractivity contribution in [2.45, 2.75) is 25.8 Å². The van der Waals surface area contributed by atoms with Crippen molar-refractivity contribution >= 4 is 29.8 Å². The molecular formula is C27H28F2N5O4+.